The van der Waals surface area contributed by atoms with Gasteiger partial charge in [0.1, 0.15) is 12.1 Å². The van der Waals surface area contributed by atoms with E-state index in [1.54, 1.807) is 12.1 Å². The average molecular weight is 422 g/mol. The van der Waals surface area contributed by atoms with Crippen molar-refractivity contribution in [3.8, 4) is 0 Å². The first kappa shape index (κ1) is 20.5. The lowest BCUT2D eigenvalue weighted by Crippen LogP contribution is -2.47. The number of hydrogen-bond acceptors (Lipinski definition) is 7. The summed E-state index contributed by atoms with van der Waals surface area (Å²) in [5.41, 5.74) is 1.81. The number of nitrogens with zero attached hydrogens (tertiary/aromatic N) is 5. The molecule has 0 bridgehead atoms. The topological polar surface area (TPSA) is 87.4 Å². The highest BCUT2D eigenvalue weighted by atomic mass is 19.1. The lowest BCUT2D eigenvalue weighted by molar-refractivity contribution is -0.383. The van der Waals surface area contributed by atoms with Crippen LogP contribution < -0.4 is 15.1 Å². The van der Waals surface area contributed by atoms with E-state index in [0.29, 0.717) is 32.0 Å². The smallest absolute Gasteiger partial charge is 0.353 e. The Morgan fingerprint density at radius 3 is 2.29 bits per heavy atom. The molecule has 8 nitrogen and oxygen atoms in total. The van der Waals surface area contributed by atoms with Crippen molar-refractivity contribution in [2.75, 3.05) is 41.3 Å². The summed E-state index contributed by atoms with van der Waals surface area (Å²) >= 11 is 0. The zero-order valence-corrected chi connectivity index (χ0v) is 17.1. The Kier molecular flexibility index (Phi) is 5.92. The van der Waals surface area contributed by atoms with Crippen LogP contribution in [0.1, 0.15) is 18.5 Å². The summed E-state index contributed by atoms with van der Waals surface area (Å²) in [6.07, 6.45) is 1.36. The molecule has 3 aromatic rings. The maximum Gasteiger partial charge on any atom is 0.353 e. The van der Waals surface area contributed by atoms with Crippen molar-refractivity contribution in [1.29, 1.82) is 0 Å². The minimum Gasteiger partial charge on any atom is -0.368 e. The maximum atomic E-state index is 13.2. The number of hydrogen-bond donors (Lipinski definition) is 1. The van der Waals surface area contributed by atoms with Crippen molar-refractivity contribution in [3.05, 3.63) is 82.4 Å². The summed E-state index contributed by atoms with van der Waals surface area (Å²) in [6, 6.07) is 15.9. The Labute approximate surface area is 179 Å². The lowest BCUT2D eigenvalue weighted by Gasteiger charge is -2.36. The standard InChI is InChI=1S/C22H23FN6O2/c1-16(17-5-3-2-4-6-17)26-21-20(29(30)31)22(25-15-24-21)28-13-11-27(12-14-28)19-9-7-18(23)8-10-19/h2-10,15-16H,11-14H2,1H3,(H,24,25,26). The molecule has 0 amide bonds. The molecule has 1 N–H and O–H groups in total. The molecule has 1 saturated heterocycles. The molecule has 1 aromatic heterocycles. The summed E-state index contributed by atoms with van der Waals surface area (Å²) in [5, 5.41) is 15.1. The second-order valence-corrected chi connectivity index (χ2v) is 7.38. The van der Waals surface area contributed by atoms with Gasteiger partial charge in [0.05, 0.1) is 11.0 Å². The van der Waals surface area contributed by atoms with Crippen molar-refractivity contribution in [2.24, 2.45) is 0 Å². The van der Waals surface area contributed by atoms with Crippen molar-refractivity contribution in [2.45, 2.75) is 13.0 Å². The number of aromatic nitrogens is 2. The number of nitro groups is 1. The third-order valence-corrected chi connectivity index (χ3v) is 5.41. The molecule has 1 fully saturated rings. The number of rotatable bonds is 6. The Hall–Kier alpha value is -3.75. The van der Waals surface area contributed by atoms with Crippen molar-refractivity contribution in [3.63, 3.8) is 0 Å². The van der Waals surface area contributed by atoms with E-state index in [4.69, 9.17) is 0 Å². The zero-order valence-electron chi connectivity index (χ0n) is 17.1. The predicted molar refractivity (Wildman–Crippen MR) is 118 cm³/mol. The molecule has 1 unspecified atom stereocenters. The van der Waals surface area contributed by atoms with E-state index in [0.717, 1.165) is 11.3 Å². The quantitative estimate of drug-likeness (QED) is 0.474. The van der Waals surface area contributed by atoms with Crippen LogP contribution in [0.5, 0.6) is 0 Å². The molecule has 9 heteroatoms. The van der Waals surface area contributed by atoms with E-state index in [9.17, 15) is 14.5 Å². The van der Waals surface area contributed by atoms with Crippen molar-refractivity contribution in [1.82, 2.24) is 9.97 Å². The van der Waals surface area contributed by atoms with Crippen LogP contribution in [0.2, 0.25) is 0 Å². The molecular weight excluding hydrogens is 399 g/mol. The van der Waals surface area contributed by atoms with E-state index in [1.165, 1.54) is 18.5 Å². The van der Waals surface area contributed by atoms with E-state index < -0.39 is 4.92 Å². The monoisotopic (exact) mass is 422 g/mol. The summed E-state index contributed by atoms with van der Waals surface area (Å²) in [5.74, 6) is 0.234. The summed E-state index contributed by atoms with van der Waals surface area (Å²) < 4.78 is 13.2. The van der Waals surface area contributed by atoms with Crippen LogP contribution in [0.4, 0.5) is 27.4 Å². The van der Waals surface area contributed by atoms with Gasteiger partial charge >= 0.3 is 5.69 Å². The van der Waals surface area contributed by atoms with E-state index in [1.807, 2.05) is 42.2 Å². The molecule has 2 aromatic carbocycles. The molecule has 0 spiro atoms. The minimum absolute atomic E-state index is 0.125. The van der Waals surface area contributed by atoms with Gasteiger partial charge in [-0.3, -0.25) is 10.1 Å². The summed E-state index contributed by atoms with van der Waals surface area (Å²) in [7, 11) is 0. The van der Waals surface area contributed by atoms with Crippen LogP contribution >= 0.6 is 0 Å². The predicted octanol–water partition coefficient (Wildman–Crippen LogP) is 4.02. The first-order valence-electron chi connectivity index (χ1n) is 10.1. The Bertz CT molecular complexity index is 1040. The van der Waals surface area contributed by atoms with Crippen molar-refractivity contribution >= 4 is 23.0 Å². The van der Waals surface area contributed by atoms with Crippen LogP contribution in [0.3, 0.4) is 0 Å². The second kappa shape index (κ2) is 8.95. The lowest BCUT2D eigenvalue weighted by atomic mass is 10.1. The van der Waals surface area contributed by atoms with Crippen LogP contribution in [0.25, 0.3) is 0 Å². The number of benzene rings is 2. The van der Waals surface area contributed by atoms with Gasteiger partial charge in [0.15, 0.2) is 0 Å². The number of piperazine rings is 1. The van der Waals surface area contributed by atoms with E-state index in [2.05, 4.69) is 20.2 Å². The molecule has 0 aliphatic carbocycles. The Balaban J connectivity index is 1.53. The molecule has 0 radical (unpaired) electrons. The maximum absolute atomic E-state index is 13.2. The molecule has 1 aliphatic rings. The number of halogens is 1. The van der Waals surface area contributed by atoms with Gasteiger partial charge in [0, 0.05) is 31.9 Å². The molecule has 1 atom stereocenters. The molecule has 2 heterocycles. The zero-order chi connectivity index (χ0) is 21.8. The van der Waals surface area contributed by atoms with Gasteiger partial charge in [0.2, 0.25) is 11.6 Å². The molecule has 160 valence electrons. The third kappa shape index (κ3) is 4.55. The molecule has 1 aliphatic heterocycles. The van der Waals surface area contributed by atoms with Crippen LogP contribution in [0.15, 0.2) is 60.9 Å². The summed E-state index contributed by atoms with van der Waals surface area (Å²) in [6.45, 7) is 4.35. The van der Waals surface area contributed by atoms with Crippen LogP contribution in [-0.2, 0) is 0 Å². The molecule has 31 heavy (non-hydrogen) atoms. The Morgan fingerprint density at radius 2 is 1.65 bits per heavy atom. The van der Waals surface area contributed by atoms with Gasteiger partial charge in [-0.25, -0.2) is 14.4 Å². The van der Waals surface area contributed by atoms with Gasteiger partial charge in [-0.15, -0.1) is 0 Å². The van der Waals surface area contributed by atoms with Crippen LogP contribution in [-0.4, -0.2) is 41.1 Å². The van der Waals surface area contributed by atoms with Crippen LogP contribution in [0, 0.1) is 15.9 Å². The van der Waals surface area contributed by atoms with E-state index >= 15 is 0 Å². The first-order chi connectivity index (χ1) is 15.0. The third-order valence-electron chi connectivity index (χ3n) is 5.41. The fraction of sp³-hybridized carbons (Fsp3) is 0.273. The normalized spacial score (nSPS) is 14.9. The highest BCUT2D eigenvalue weighted by molar-refractivity contribution is 5.71. The fourth-order valence-electron chi connectivity index (χ4n) is 3.73. The molecular formula is C22H23FN6O2. The average Bonchev–Trinajstić information content (AvgIpc) is 2.80. The van der Waals surface area contributed by atoms with Crippen molar-refractivity contribution < 1.29 is 9.31 Å². The Morgan fingerprint density at radius 1 is 1.00 bits per heavy atom. The largest absolute Gasteiger partial charge is 0.368 e. The SMILES string of the molecule is CC(Nc1ncnc(N2CCN(c3ccc(F)cc3)CC2)c1[N+](=O)[O-])c1ccccc1. The van der Waals surface area contributed by atoms with Gasteiger partial charge in [-0.2, -0.15) is 0 Å². The molecule has 0 saturated carbocycles. The first-order valence-corrected chi connectivity index (χ1v) is 10.1. The highest BCUT2D eigenvalue weighted by Crippen LogP contribution is 2.34. The molecule has 4 rings (SSSR count). The summed E-state index contributed by atoms with van der Waals surface area (Å²) in [4.78, 5) is 23.9. The second-order valence-electron chi connectivity index (χ2n) is 7.38. The minimum atomic E-state index is -0.429. The van der Waals surface area contributed by atoms with Gasteiger partial charge in [-0.05, 0) is 36.8 Å². The van der Waals surface area contributed by atoms with Gasteiger partial charge < -0.3 is 15.1 Å². The van der Waals surface area contributed by atoms with Gasteiger partial charge in [0.25, 0.3) is 0 Å². The van der Waals surface area contributed by atoms with E-state index in [-0.39, 0.29) is 23.4 Å². The van der Waals surface area contributed by atoms with Gasteiger partial charge in [-0.1, -0.05) is 30.3 Å². The number of nitrogens with one attached hydrogen (secondary N) is 1. The fourth-order valence-corrected chi connectivity index (χ4v) is 3.73. The highest BCUT2D eigenvalue weighted by Gasteiger charge is 2.30. The number of anilines is 3.